The van der Waals surface area contributed by atoms with E-state index < -0.39 is 0 Å². The first kappa shape index (κ1) is 15.7. The summed E-state index contributed by atoms with van der Waals surface area (Å²) in [6, 6.07) is 0. The van der Waals surface area contributed by atoms with Crippen molar-refractivity contribution in [1.82, 2.24) is 9.97 Å². The molecular formula is C14H26N4O. The lowest BCUT2D eigenvalue weighted by molar-refractivity contribution is 0.240. The molecule has 1 rings (SSSR count). The third kappa shape index (κ3) is 4.67. The zero-order valence-corrected chi connectivity index (χ0v) is 12.5. The van der Waals surface area contributed by atoms with Crippen LogP contribution in [0.15, 0.2) is 0 Å². The number of rotatable bonds is 8. The minimum Gasteiger partial charge on any atom is -0.477 e. The third-order valence-electron chi connectivity index (χ3n) is 3.04. The zero-order chi connectivity index (χ0) is 14.3. The maximum atomic E-state index is 5.83. The molecule has 3 N–H and O–H groups in total. The Morgan fingerprint density at radius 2 is 2.00 bits per heavy atom. The van der Waals surface area contributed by atoms with Crippen LogP contribution in [0.2, 0.25) is 0 Å². The van der Waals surface area contributed by atoms with E-state index in [4.69, 9.17) is 10.6 Å². The number of aromatic nitrogens is 2. The fourth-order valence-corrected chi connectivity index (χ4v) is 1.95. The Kier molecular flexibility index (Phi) is 6.56. The number of nitrogen functional groups attached to an aromatic ring is 1. The molecule has 0 radical (unpaired) electrons. The molecule has 108 valence electrons. The molecule has 0 aliphatic heterocycles. The average molecular weight is 266 g/mol. The summed E-state index contributed by atoms with van der Waals surface area (Å²) in [5.41, 5.74) is 3.48. The fraction of sp³-hybridized carbons (Fsp3) is 0.714. The SMILES string of the molecule is CCCc1nc(NN)c(C)c(OCC(C)CCC)n1. The van der Waals surface area contributed by atoms with Crippen molar-refractivity contribution in [2.45, 2.75) is 53.4 Å². The van der Waals surface area contributed by atoms with Gasteiger partial charge in [-0.2, -0.15) is 4.98 Å². The van der Waals surface area contributed by atoms with Crippen molar-refractivity contribution in [3.05, 3.63) is 11.4 Å². The van der Waals surface area contributed by atoms with E-state index in [0.717, 1.165) is 30.7 Å². The van der Waals surface area contributed by atoms with E-state index in [1.165, 1.54) is 6.42 Å². The number of hydrogen-bond acceptors (Lipinski definition) is 5. The highest BCUT2D eigenvalue weighted by Crippen LogP contribution is 2.22. The highest BCUT2D eigenvalue weighted by molar-refractivity contribution is 5.47. The summed E-state index contributed by atoms with van der Waals surface area (Å²) in [6.45, 7) is 9.08. The number of nitrogens with one attached hydrogen (secondary N) is 1. The summed E-state index contributed by atoms with van der Waals surface area (Å²) < 4.78 is 5.83. The first-order valence-electron chi connectivity index (χ1n) is 7.09. The van der Waals surface area contributed by atoms with E-state index in [1.807, 2.05) is 6.92 Å². The lowest BCUT2D eigenvalue weighted by Gasteiger charge is -2.15. The fourth-order valence-electron chi connectivity index (χ4n) is 1.95. The van der Waals surface area contributed by atoms with Crippen LogP contribution in [0.1, 0.15) is 51.4 Å². The number of aryl methyl sites for hydroxylation is 1. The number of hydrazine groups is 1. The van der Waals surface area contributed by atoms with Crippen molar-refractivity contribution in [3.8, 4) is 5.88 Å². The quantitative estimate of drug-likeness (QED) is 0.559. The molecule has 5 nitrogen and oxygen atoms in total. The second kappa shape index (κ2) is 7.94. The van der Waals surface area contributed by atoms with E-state index in [1.54, 1.807) is 0 Å². The van der Waals surface area contributed by atoms with E-state index in [9.17, 15) is 0 Å². The molecule has 0 fully saturated rings. The topological polar surface area (TPSA) is 73.1 Å². The van der Waals surface area contributed by atoms with Crippen molar-refractivity contribution in [3.63, 3.8) is 0 Å². The zero-order valence-electron chi connectivity index (χ0n) is 12.5. The number of nitrogens with two attached hydrogens (primary N) is 1. The lowest BCUT2D eigenvalue weighted by Crippen LogP contribution is -2.15. The van der Waals surface area contributed by atoms with Crippen LogP contribution in [0.5, 0.6) is 5.88 Å². The van der Waals surface area contributed by atoms with Crippen molar-refractivity contribution >= 4 is 5.82 Å². The average Bonchev–Trinajstić information content (AvgIpc) is 2.39. The smallest absolute Gasteiger partial charge is 0.221 e. The molecule has 0 spiro atoms. The number of ether oxygens (including phenoxy) is 1. The van der Waals surface area contributed by atoms with Crippen molar-refractivity contribution in [2.24, 2.45) is 11.8 Å². The van der Waals surface area contributed by atoms with Gasteiger partial charge in [0.2, 0.25) is 5.88 Å². The van der Waals surface area contributed by atoms with Crippen LogP contribution in [0.4, 0.5) is 5.82 Å². The summed E-state index contributed by atoms with van der Waals surface area (Å²) >= 11 is 0. The maximum Gasteiger partial charge on any atom is 0.221 e. The van der Waals surface area contributed by atoms with E-state index in [-0.39, 0.29) is 0 Å². The number of nitrogens with zero attached hydrogens (tertiary/aromatic N) is 2. The number of anilines is 1. The molecule has 0 bridgehead atoms. The molecule has 1 heterocycles. The number of hydrogen-bond donors (Lipinski definition) is 2. The van der Waals surface area contributed by atoms with Gasteiger partial charge in [0.1, 0.15) is 11.6 Å². The highest BCUT2D eigenvalue weighted by Gasteiger charge is 2.12. The standard InChI is InChI=1S/C14H26N4O/c1-5-7-10(3)9-19-14-11(4)13(18-15)16-12(17-14)8-6-2/h10H,5-9,15H2,1-4H3,(H,16,17,18). The first-order valence-corrected chi connectivity index (χ1v) is 7.09. The molecule has 1 aromatic heterocycles. The molecule has 0 saturated heterocycles. The van der Waals surface area contributed by atoms with Gasteiger partial charge in [0.25, 0.3) is 0 Å². The van der Waals surface area contributed by atoms with Gasteiger partial charge >= 0.3 is 0 Å². The van der Waals surface area contributed by atoms with Crippen molar-refractivity contribution in [1.29, 1.82) is 0 Å². The molecule has 0 amide bonds. The largest absolute Gasteiger partial charge is 0.477 e. The van der Waals surface area contributed by atoms with Crippen LogP contribution in [-0.2, 0) is 6.42 Å². The summed E-state index contributed by atoms with van der Waals surface area (Å²) in [7, 11) is 0. The van der Waals surface area contributed by atoms with E-state index >= 15 is 0 Å². The van der Waals surface area contributed by atoms with Gasteiger partial charge in [0, 0.05) is 6.42 Å². The van der Waals surface area contributed by atoms with Gasteiger partial charge < -0.3 is 10.2 Å². The Hall–Kier alpha value is -1.36. The summed E-state index contributed by atoms with van der Waals surface area (Å²) in [6.07, 6.45) is 4.16. The predicted octanol–water partition coefficient (Wildman–Crippen LogP) is 2.84. The van der Waals surface area contributed by atoms with Gasteiger partial charge in [-0.05, 0) is 25.7 Å². The van der Waals surface area contributed by atoms with Gasteiger partial charge in [0.15, 0.2) is 0 Å². The van der Waals surface area contributed by atoms with Gasteiger partial charge in [0.05, 0.1) is 12.2 Å². The van der Waals surface area contributed by atoms with Crippen LogP contribution in [0.3, 0.4) is 0 Å². The minimum atomic E-state index is 0.531. The Balaban J connectivity index is 2.82. The molecule has 0 aromatic carbocycles. The monoisotopic (exact) mass is 266 g/mol. The molecular weight excluding hydrogens is 240 g/mol. The van der Waals surface area contributed by atoms with E-state index in [2.05, 4.69) is 36.2 Å². The molecule has 0 saturated carbocycles. The van der Waals surface area contributed by atoms with Crippen LogP contribution >= 0.6 is 0 Å². The molecule has 1 unspecified atom stereocenters. The second-order valence-electron chi connectivity index (χ2n) is 5.02. The summed E-state index contributed by atoms with van der Waals surface area (Å²) in [5, 5.41) is 0. The Labute approximate surface area is 115 Å². The van der Waals surface area contributed by atoms with Gasteiger partial charge in [-0.1, -0.05) is 27.2 Å². The van der Waals surface area contributed by atoms with Gasteiger partial charge in [-0.15, -0.1) is 0 Å². The van der Waals surface area contributed by atoms with E-state index in [0.29, 0.717) is 24.2 Å². The van der Waals surface area contributed by atoms with Crippen molar-refractivity contribution < 1.29 is 4.74 Å². The second-order valence-corrected chi connectivity index (χ2v) is 5.02. The molecule has 5 heteroatoms. The molecule has 1 atom stereocenters. The van der Waals surface area contributed by atoms with Gasteiger partial charge in [-0.25, -0.2) is 10.8 Å². The Morgan fingerprint density at radius 3 is 2.58 bits per heavy atom. The Bertz CT molecular complexity index is 395. The maximum absolute atomic E-state index is 5.83. The van der Waals surface area contributed by atoms with Crippen molar-refractivity contribution in [2.75, 3.05) is 12.0 Å². The normalized spacial score (nSPS) is 12.3. The molecule has 0 aliphatic carbocycles. The van der Waals surface area contributed by atoms with Crippen LogP contribution < -0.4 is 16.0 Å². The highest BCUT2D eigenvalue weighted by atomic mass is 16.5. The van der Waals surface area contributed by atoms with Gasteiger partial charge in [-0.3, -0.25) is 0 Å². The molecule has 0 aliphatic rings. The third-order valence-corrected chi connectivity index (χ3v) is 3.04. The lowest BCUT2D eigenvalue weighted by atomic mass is 10.1. The Morgan fingerprint density at radius 1 is 1.26 bits per heavy atom. The minimum absolute atomic E-state index is 0.531. The van der Waals surface area contributed by atoms with Crippen LogP contribution in [-0.4, -0.2) is 16.6 Å². The molecule has 1 aromatic rings. The van der Waals surface area contributed by atoms with Crippen LogP contribution in [0, 0.1) is 12.8 Å². The molecule has 19 heavy (non-hydrogen) atoms. The predicted molar refractivity (Wildman–Crippen MR) is 78.1 cm³/mol. The summed E-state index contributed by atoms with van der Waals surface area (Å²) in [5.74, 6) is 8.10. The van der Waals surface area contributed by atoms with Crippen LogP contribution in [0.25, 0.3) is 0 Å². The first-order chi connectivity index (χ1) is 9.12. The summed E-state index contributed by atoms with van der Waals surface area (Å²) in [4.78, 5) is 8.85.